The maximum atomic E-state index is 13.5. The Bertz CT molecular complexity index is 1670. The molecule has 0 bridgehead atoms. The number of likely N-dealkylation sites (N-methyl/N-ethyl adjacent to an activating group) is 1. The van der Waals surface area contributed by atoms with E-state index in [2.05, 4.69) is 123 Å². The Kier molecular flexibility index (Phi) is 52.6. The van der Waals surface area contributed by atoms with Crippen molar-refractivity contribution < 1.29 is 37.3 Å². The summed E-state index contributed by atoms with van der Waals surface area (Å²) in [6, 6.07) is -0.866. The van der Waals surface area contributed by atoms with E-state index in [4.69, 9.17) is 13.8 Å². The van der Waals surface area contributed by atoms with Crippen LogP contribution in [-0.4, -0.2) is 74.3 Å². The van der Waals surface area contributed by atoms with Gasteiger partial charge in [-0.25, -0.2) is 4.57 Å². The number of carbonyl (C=O) groups excluding carboxylic acids is 2. The SMILES string of the molecule is CC/C=C\C/C=C\C/C=C\C/C=C\C/C=C\C/C=C\CCCCCCCCC(=O)NC(COP(=O)(O)OCC[N+](C)(C)C)C(/C=C\CCCCCCCCCCC)OC(=O)CCCCCCCCC/C=C/C/C=C/CC. The van der Waals surface area contributed by atoms with Crippen molar-refractivity contribution in [2.45, 2.75) is 258 Å². The highest BCUT2D eigenvalue weighted by atomic mass is 31.2. The molecule has 76 heavy (non-hydrogen) atoms. The van der Waals surface area contributed by atoms with Crippen molar-refractivity contribution in [3.8, 4) is 0 Å². The van der Waals surface area contributed by atoms with Crippen LogP contribution in [0.15, 0.2) is 109 Å². The summed E-state index contributed by atoms with van der Waals surface area (Å²) in [6.45, 7) is 6.76. The van der Waals surface area contributed by atoms with Gasteiger partial charge in [-0.3, -0.25) is 18.6 Å². The van der Waals surface area contributed by atoms with Crippen LogP contribution in [0.25, 0.3) is 0 Å². The van der Waals surface area contributed by atoms with Crippen molar-refractivity contribution in [3.63, 3.8) is 0 Å². The van der Waals surface area contributed by atoms with Gasteiger partial charge in [-0.05, 0) is 109 Å². The van der Waals surface area contributed by atoms with E-state index in [0.717, 1.165) is 148 Å². The molecule has 1 amide bonds. The normalized spacial score (nSPS) is 14.5. The van der Waals surface area contributed by atoms with Gasteiger partial charge in [0, 0.05) is 12.8 Å². The molecular formula is C66H116N2O7P+. The molecule has 10 heteroatoms. The Hall–Kier alpha value is -3.33. The largest absolute Gasteiger partial charge is 0.472 e. The van der Waals surface area contributed by atoms with E-state index < -0.39 is 20.0 Å². The number of esters is 1. The molecule has 2 N–H and O–H groups in total. The molecule has 0 aromatic carbocycles. The quantitative estimate of drug-likeness (QED) is 0.0205. The maximum absolute atomic E-state index is 13.5. The Balaban J connectivity index is 5.20. The van der Waals surface area contributed by atoms with Gasteiger partial charge >= 0.3 is 13.8 Å². The second-order valence-electron chi connectivity index (χ2n) is 21.5. The van der Waals surface area contributed by atoms with E-state index in [1.54, 1.807) is 0 Å². The van der Waals surface area contributed by atoms with Crippen LogP contribution in [0, 0.1) is 0 Å². The molecule has 0 fully saturated rings. The number of nitrogens with zero attached hydrogens (tertiary/aromatic N) is 1. The van der Waals surface area contributed by atoms with Crippen molar-refractivity contribution in [2.75, 3.05) is 40.9 Å². The highest BCUT2D eigenvalue weighted by Crippen LogP contribution is 2.43. The number of amides is 1. The third-order valence-electron chi connectivity index (χ3n) is 13.0. The topological polar surface area (TPSA) is 111 Å². The molecule has 0 radical (unpaired) electrons. The number of phosphoric ester groups is 1. The minimum Gasteiger partial charge on any atom is -0.456 e. The smallest absolute Gasteiger partial charge is 0.456 e. The van der Waals surface area contributed by atoms with Gasteiger partial charge in [-0.1, -0.05) is 233 Å². The third kappa shape index (κ3) is 55.4. The fourth-order valence-corrected chi connectivity index (χ4v) is 9.01. The minimum absolute atomic E-state index is 0.0302. The van der Waals surface area contributed by atoms with Gasteiger partial charge in [0.15, 0.2) is 0 Å². The molecule has 0 aromatic rings. The molecule has 9 nitrogen and oxygen atoms in total. The van der Waals surface area contributed by atoms with Gasteiger partial charge in [-0.2, -0.15) is 0 Å². The monoisotopic (exact) mass is 1080 g/mol. The van der Waals surface area contributed by atoms with Crippen LogP contribution in [0.5, 0.6) is 0 Å². The predicted octanol–water partition coefficient (Wildman–Crippen LogP) is 18.9. The fourth-order valence-electron chi connectivity index (χ4n) is 8.27. The third-order valence-corrected chi connectivity index (χ3v) is 13.9. The van der Waals surface area contributed by atoms with Crippen molar-refractivity contribution in [1.82, 2.24) is 5.32 Å². The molecule has 3 unspecified atom stereocenters. The molecule has 0 aliphatic rings. The average molecular weight is 1080 g/mol. The van der Waals surface area contributed by atoms with Crippen molar-refractivity contribution in [3.05, 3.63) is 109 Å². The van der Waals surface area contributed by atoms with E-state index >= 15 is 0 Å². The van der Waals surface area contributed by atoms with Crippen LogP contribution in [0.1, 0.15) is 245 Å². The lowest BCUT2D eigenvalue weighted by Gasteiger charge is -2.27. The number of quaternary nitrogens is 1. The van der Waals surface area contributed by atoms with E-state index in [-0.39, 0.29) is 31.5 Å². The molecule has 0 saturated carbocycles. The molecule has 436 valence electrons. The number of phosphoric acid groups is 1. The summed E-state index contributed by atoms with van der Waals surface area (Å²) < 4.78 is 30.6. The fraction of sp³-hybridized carbons (Fsp3) is 0.697. The number of allylic oxidation sites excluding steroid dienone is 17. The first kappa shape index (κ1) is 72.7. The summed E-state index contributed by atoms with van der Waals surface area (Å²) in [7, 11) is 1.46. The maximum Gasteiger partial charge on any atom is 0.472 e. The van der Waals surface area contributed by atoms with E-state index in [1.165, 1.54) is 64.2 Å². The standard InChI is InChI=1S/C66H115N2O7P/c1-7-10-13-16-19-22-25-27-29-30-31-32-33-34-35-36-37-38-39-40-43-46-49-52-55-58-65(69)67-63(62-74-76(71,72)73-61-60-68(4,5)6)64(57-54-51-48-45-42-24-21-18-15-12-9-3)75-66(70)59-56-53-50-47-44-41-28-26-23-20-17-14-11-8-2/h10-11,13-14,19-20,22-23,27,29,31-32,34-35,37-38,54,57,63-64H,7-9,12,15-18,21,24-26,28,30,33,36,39-53,55-56,58-62H2,1-6H3,(H-,67,69,71,72)/p+1/b13-10-,14-11+,22-19-,23-20+,29-27-,32-31-,35-34-,38-37-,57-54-. The first-order valence-corrected chi connectivity index (χ1v) is 32.2. The Morgan fingerprint density at radius 1 is 0.474 bits per heavy atom. The van der Waals surface area contributed by atoms with E-state index in [1.807, 2.05) is 33.3 Å². The first-order chi connectivity index (χ1) is 36.9. The van der Waals surface area contributed by atoms with Crippen LogP contribution in [0.4, 0.5) is 0 Å². The molecule has 0 spiro atoms. The molecule has 3 atom stereocenters. The Morgan fingerprint density at radius 2 is 0.842 bits per heavy atom. The summed E-state index contributed by atoms with van der Waals surface area (Å²) in [4.78, 5) is 37.7. The van der Waals surface area contributed by atoms with E-state index in [0.29, 0.717) is 17.4 Å². The van der Waals surface area contributed by atoms with Crippen LogP contribution >= 0.6 is 7.82 Å². The molecule has 0 rings (SSSR count). The molecule has 0 aromatic heterocycles. The molecule has 0 saturated heterocycles. The number of rotatable bonds is 54. The molecule has 0 aliphatic carbocycles. The van der Waals surface area contributed by atoms with Crippen molar-refractivity contribution in [2.24, 2.45) is 0 Å². The Morgan fingerprint density at radius 3 is 1.26 bits per heavy atom. The highest BCUT2D eigenvalue weighted by molar-refractivity contribution is 7.47. The van der Waals surface area contributed by atoms with Gasteiger partial charge in [-0.15, -0.1) is 0 Å². The zero-order chi connectivity index (χ0) is 55.7. The predicted molar refractivity (Wildman–Crippen MR) is 327 cm³/mol. The molecular weight excluding hydrogens is 964 g/mol. The number of unbranched alkanes of at least 4 members (excludes halogenated alkanes) is 22. The lowest BCUT2D eigenvalue weighted by atomic mass is 10.1. The molecule has 0 aliphatic heterocycles. The second kappa shape index (κ2) is 55.0. The van der Waals surface area contributed by atoms with Gasteiger partial charge in [0.1, 0.15) is 19.3 Å². The van der Waals surface area contributed by atoms with Gasteiger partial charge in [0.05, 0.1) is 33.8 Å². The number of hydrogen-bond donors (Lipinski definition) is 2. The van der Waals surface area contributed by atoms with Crippen LogP contribution in [0.2, 0.25) is 0 Å². The van der Waals surface area contributed by atoms with Crippen LogP contribution in [0.3, 0.4) is 0 Å². The highest BCUT2D eigenvalue weighted by Gasteiger charge is 2.30. The zero-order valence-corrected chi connectivity index (χ0v) is 50.6. The number of hydrogen-bond acceptors (Lipinski definition) is 6. The second-order valence-corrected chi connectivity index (χ2v) is 22.9. The summed E-state index contributed by atoms with van der Waals surface area (Å²) in [5, 5.41) is 3.04. The van der Waals surface area contributed by atoms with Gasteiger partial charge in [0.25, 0.3) is 0 Å². The van der Waals surface area contributed by atoms with Crippen molar-refractivity contribution >= 4 is 19.7 Å². The Labute approximate surface area is 468 Å². The summed E-state index contributed by atoms with van der Waals surface area (Å²) in [5.41, 5.74) is 0. The lowest BCUT2D eigenvalue weighted by molar-refractivity contribution is -0.870. The summed E-state index contributed by atoms with van der Waals surface area (Å²) in [5.74, 6) is -0.539. The summed E-state index contributed by atoms with van der Waals surface area (Å²) in [6.07, 6.45) is 75.2. The van der Waals surface area contributed by atoms with Gasteiger partial charge < -0.3 is 19.4 Å². The van der Waals surface area contributed by atoms with E-state index in [9.17, 15) is 19.0 Å². The summed E-state index contributed by atoms with van der Waals surface area (Å²) >= 11 is 0. The molecule has 0 heterocycles. The average Bonchev–Trinajstić information content (AvgIpc) is 3.38. The number of nitrogens with one attached hydrogen (secondary N) is 1. The number of ether oxygens (including phenoxy) is 1. The number of carbonyl (C=O) groups is 2. The van der Waals surface area contributed by atoms with Gasteiger partial charge in [0.2, 0.25) is 5.91 Å². The van der Waals surface area contributed by atoms with Crippen molar-refractivity contribution in [1.29, 1.82) is 0 Å². The lowest BCUT2D eigenvalue weighted by Crippen LogP contribution is -2.47. The van der Waals surface area contributed by atoms with Crippen LogP contribution in [-0.2, 0) is 27.9 Å². The minimum atomic E-state index is -4.46. The van der Waals surface area contributed by atoms with Crippen LogP contribution < -0.4 is 5.32 Å². The zero-order valence-electron chi connectivity index (χ0n) is 49.7. The first-order valence-electron chi connectivity index (χ1n) is 30.7.